The van der Waals surface area contributed by atoms with Crippen molar-refractivity contribution in [3.63, 3.8) is 0 Å². The van der Waals surface area contributed by atoms with E-state index in [0.717, 1.165) is 19.5 Å². The highest BCUT2D eigenvalue weighted by molar-refractivity contribution is 5.76. The fraction of sp³-hybridized carbons (Fsp3) is 0.533. The third-order valence-electron chi connectivity index (χ3n) is 3.39. The molecule has 20 heavy (non-hydrogen) atoms. The van der Waals surface area contributed by atoms with Crippen molar-refractivity contribution in [3.05, 3.63) is 30.1 Å². The van der Waals surface area contributed by atoms with Crippen LogP contribution in [-0.4, -0.2) is 43.6 Å². The Morgan fingerprint density at radius 2 is 2.20 bits per heavy atom. The van der Waals surface area contributed by atoms with Crippen molar-refractivity contribution in [2.45, 2.75) is 25.3 Å². The first-order chi connectivity index (χ1) is 9.63. The van der Waals surface area contributed by atoms with E-state index in [1.165, 1.54) is 12.1 Å². The molecule has 1 fully saturated rings. The van der Waals surface area contributed by atoms with Gasteiger partial charge >= 0.3 is 0 Å². The Kier molecular flexibility index (Phi) is 5.35. The van der Waals surface area contributed by atoms with E-state index in [1.54, 1.807) is 12.1 Å². The van der Waals surface area contributed by atoms with Gasteiger partial charge in [0.1, 0.15) is 11.6 Å². The Balaban J connectivity index is 1.58. The van der Waals surface area contributed by atoms with Crippen molar-refractivity contribution in [1.82, 2.24) is 10.2 Å². The summed E-state index contributed by atoms with van der Waals surface area (Å²) >= 11 is 0. The van der Waals surface area contributed by atoms with Crippen LogP contribution in [0.25, 0.3) is 0 Å². The number of nitrogens with one attached hydrogen (secondary N) is 1. The zero-order chi connectivity index (χ0) is 14.4. The molecule has 0 radical (unpaired) electrons. The summed E-state index contributed by atoms with van der Waals surface area (Å²) < 4.78 is 18.1. The van der Waals surface area contributed by atoms with Gasteiger partial charge in [0, 0.05) is 19.0 Å². The Morgan fingerprint density at radius 1 is 1.45 bits per heavy atom. The molecule has 1 atom stereocenters. The van der Waals surface area contributed by atoms with Gasteiger partial charge in [-0.3, -0.25) is 4.79 Å². The number of rotatable bonds is 6. The van der Waals surface area contributed by atoms with Crippen LogP contribution in [0.15, 0.2) is 24.3 Å². The summed E-state index contributed by atoms with van der Waals surface area (Å²) in [5, 5.41) is 3.03. The number of likely N-dealkylation sites (N-methyl/N-ethyl adjacent to an activating group) is 1. The van der Waals surface area contributed by atoms with E-state index in [-0.39, 0.29) is 17.8 Å². The van der Waals surface area contributed by atoms with Gasteiger partial charge in [0.15, 0.2) is 0 Å². The minimum Gasteiger partial charge on any atom is -0.494 e. The smallest absolute Gasteiger partial charge is 0.220 e. The highest BCUT2D eigenvalue weighted by atomic mass is 19.1. The molecule has 0 aromatic heterocycles. The fourth-order valence-corrected chi connectivity index (χ4v) is 2.31. The highest BCUT2D eigenvalue weighted by Crippen LogP contribution is 2.11. The Labute approximate surface area is 118 Å². The lowest BCUT2D eigenvalue weighted by atomic mass is 10.2. The summed E-state index contributed by atoms with van der Waals surface area (Å²) in [5.41, 5.74) is 0. The van der Waals surface area contributed by atoms with Crippen LogP contribution in [0.4, 0.5) is 4.39 Å². The second kappa shape index (κ2) is 7.24. The summed E-state index contributed by atoms with van der Waals surface area (Å²) in [6, 6.07) is 6.18. The molecule has 1 N–H and O–H groups in total. The van der Waals surface area contributed by atoms with Crippen LogP contribution in [-0.2, 0) is 4.79 Å². The number of hydrogen-bond donors (Lipinski definition) is 1. The van der Waals surface area contributed by atoms with Gasteiger partial charge in [0.2, 0.25) is 5.91 Å². The lowest BCUT2D eigenvalue weighted by Gasteiger charge is -2.13. The predicted octanol–water partition coefficient (Wildman–Crippen LogP) is 1.80. The average molecular weight is 280 g/mol. The van der Waals surface area contributed by atoms with Gasteiger partial charge in [-0.15, -0.1) is 0 Å². The Bertz CT molecular complexity index is 436. The molecule has 0 aliphatic carbocycles. The van der Waals surface area contributed by atoms with E-state index in [2.05, 4.69) is 17.3 Å². The molecular formula is C15H21FN2O2. The standard InChI is InChI=1S/C15H21FN2O2/c1-18-9-8-13(11-18)17-15(19)3-2-10-20-14-6-4-12(16)5-7-14/h4-7,13H,2-3,8-11H2,1H3,(H,17,19). The van der Waals surface area contributed by atoms with Gasteiger partial charge < -0.3 is 15.0 Å². The van der Waals surface area contributed by atoms with Crippen LogP contribution in [0.3, 0.4) is 0 Å². The van der Waals surface area contributed by atoms with Crippen molar-refractivity contribution in [2.75, 3.05) is 26.7 Å². The molecule has 1 amide bonds. The maximum atomic E-state index is 12.7. The van der Waals surface area contributed by atoms with Crippen LogP contribution in [0.5, 0.6) is 5.75 Å². The van der Waals surface area contributed by atoms with Gasteiger partial charge in [0.25, 0.3) is 0 Å². The molecule has 1 heterocycles. The monoisotopic (exact) mass is 280 g/mol. The lowest BCUT2D eigenvalue weighted by molar-refractivity contribution is -0.121. The number of ether oxygens (including phenoxy) is 1. The summed E-state index contributed by atoms with van der Waals surface area (Å²) in [6.07, 6.45) is 2.14. The van der Waals surface area contributed by atoms with Crippen LogP contribution in [0, 0.1) is 5.82 Å². The fourth-order valence-electron chi connectivity index (χ4n) is 2.31. The van der Waals surface area contributed by atoms with Gasteiger partial charge in [-0.25, -0.2) is 4.39 Å². The maximum absolute atomic E-state index is 12.7. The van der Waals surface area contributed by atoms with Crippen molar-refractivity contribution >= 4 is 5.91 Å². The second-order valence-electron chi connectivity index (χ2n) is 5.22. The number of amides is 1. The van der Waals surface area contributed by atoms with E-state index in [9.17, 15) is 9.18 Å². The Morgan fingerprint density at radius 3 is 2.85 bits per heavy atom. The van der Waals surface area contributed by atoms with Crippen LogP contribution >= 0.6 is 0 Å². The van der Waals surface area contributed by atoms with Crippen LogP contribution in [0.2, 0.25) is 0 Å². The molecular weight excluding hydrogens is 259 g/mol. The number of carbonyl (C=O) groups is 1. The summed E-state index contributed by atoms with van der Waals surface area (Å²) in [4.78, 5) is 13.9. The van der Waals surface area contributed by atoms with Crippen LogP contribution < -0.4 is 10.1 Å². The third kappa shape index (κ3) is 4.81. The maximum Gasteiger partial charge on any atom is 0.220 e. The zero-order valence-electron chi connectivity index (χ0n) is 11.8. The molecule has 1 saturated heterocycles. The number of nitrogens with zero attached hydrogens (tertiary/aromatic N) is 1. The van der Waals surface area contributed by atoms with E-state index in [1.807, 2.05) is 0 Å². The number of carbonyl (C=O) groups excluding carboxylic acids is 1. The molecule has 0 saturated carbocycles. The lowest BCUT2D eigenvalue weighted by Crippen LogP contribution is -2.36. The molecule has 110 valence electrons. The molecule has 1 aliphatic rings. The topological polar surface area (TPSA) is 41.6 Å². The molecule has 0 spiro atoms. The molecule has 5 heteroatoms. The largest absolute Gasteiger partial charge is 0.494 e. The number of halogens is 1. The molecule has 2 rings (SSSR count). The second-order valence-corrected chi connectivity index (χ2v) is 5.22. The quantitative estimate of drug-likeness (QED) is 0.808. The first-order valence-electron chi connectivity index (χ1n) is 7.00. The van der Waals surface area contributed by atoms with Crippen LogP contribution in [0.1, 0.15) is 19.3 Å². The van der Waals surface area contributed by atoms with Crippen molar-refractivity contribution in [1.29, 1.82) is 0 Å². The average Bonchev–Trinajstić information content (AvgIpc) is 2.82. The van der Waals surface area contributed by atoms with E-state index in [0.29, 0.717) is 25.2 Å². The third-order valence-corrected chi connectivity index (χ3v) is 3.39. The summed E-state index contributed by atoms with van der Waals surface area (Å²) in [7, 11) is 2.06. The molecule has 1 aliphatic heterocycles. The Hall–Kier alpha value is -1.62. The number of benzene rings is 1. The van der Waals surface area contributed by atoms with Crippen molar-refractivity contribution < 1.29 is 13.9 Å². The van der Waals surface area contributed by atoms with E-state index in [4.69, 9.17) is 4.74 Å². The molecule has 1 aromatic carbocycles. The molecule has 1 unspecified atom stereocenters. The summed E-state index contributed by atoms with van der Waals surface area (Å²) in [6.45, 7) is 2.43. The van der Waals surface area contributed by atoms with Gasteiger partial charge in [-0.05, 0) is 50.7 Å². The van der Waals surface area contributed by atoms with Crippen molar-refractivity contribution in [3.8, 4) is 5.75 Å². The minimum absolute atomic E-state index is 0.0769. The van der Waals surface area contributed by atoms with Crippen molar-refractivity contribution in [2.24, 2.45) is 0 Å². The first-order valence-corrected chi connectivity index (χ1v) is 7.00. The minimum atomic E-state index is -0.279. The highest BCUT2D eigenvalue weighted by Gasteiger charge is 2.20. The van der Waals surface area contributed by atoms with Gasteiger partial charge in [-0.1, -0.05) is 0 Å². The predicted molar refractivity (Wildman–Crippen MR) is 75.2 cm³/mol. The normalized spacial score (nSPS) is 19.0. The zero-order valence-corrected chi connectivity index (χ0v) is 11.8. The molecule has 0 bridgehead atoms. The molecule has 4 nitrogen and oxygen atoms in total. The first kappa shape index (κ1) is 14.8. The van der Waals surface area contributed by atoms with Gasteiger partial charge in [0.05, 0.1) is 6.61 Å². The number of likely N-dealkylation sites (tertiary alicyclic amines) is 1. The van der Waals surface area contributed by atoms with E-state index >= 15 is 0 Å². The molecule has 1 aromatic rings. The SMILES string of the molecule is CN1CCC(NC(=O)CCCOc2ccc(F)cc2)C1. The summed E-state index contributed by atoms with van der Waals surface area (Å²) in [5.74, 6) is 0.426. The number of hydrogen-bond acceptors (Lipinski definition) is 3. The van der Waals surface area contributed by atoms with E-state index < -0.39 is 0 Å². The van der Waals surface area contributed by atoms with Gasteiger partial charge in [-0.2, -0.15) is 0 Å².